The van der Waals surface area contributed by atoms with Gasteiger partial charge in [0.2, 0.25) is 5.95 Å². The van der Waals surface area contributed by atoms with Crippen molar-refractivity contribution in [3.63, 3.8) is 0 Å². The van der Waals surface area contributed by atoms with Crippen LogP contribution in [0.3, 0.4) is 0 Å². The molecule has 1 saturated carbocycles. The number of nitrogens with zero attached hydrogens (tertiary/aromatic N) is 3. The van der Waals surface area contributed by atoms with Crippen molar-refractivity contribution >= 4 is 17.3 Å². The number of methoxy groups -OCH3 is 1. The molecule has 4 rings (SSSR count). The molecule has 1 aliphatic rings. The van der Waals surface area contributed by atoms with E-state index in [0.717, 1.165) is 42.4 Å². The lowest BCUT2D eigenvalue weighted by molar-refractivity contribution is -0.0601. The molecule has 29 heavy (non-hydrogen) atoms. The Kier molecular flexibility index (Phi) is 5.19. The molecule has 1 aromatic heterocycles. The number of aromatic nitrogens is 3. The maximum absolute atomic E-state index is 13.4. The Labute approximate surface area is 170 Å². The number of halogens is 2. The average molecular weight is 403 g/mol. The number of nitrogens with one attached hydrogen (secondary N) is 2. The summed E-state index contributed by atoms with van der Waals surface area (Å²) in [7, 11) is 1.76. The normalized spacial score (nSPS) is 15.0. The zero-order chi connectivity index (χ0) is 20.4. The zero-order valence-corrected chi connectivity index (χ0v) is 16.4. The van der Waals surface area contributed by atoms with E-state index in [1.54, 1.807) is 7.11 Å². The quantitative estimate of drug-likeness (QED) is 0.577. The minimum absolute atomic E-state index is 0. The topological polar surface area (TPSA) is 64.0 Å². The van der Waals surface area contributed by atoms with Crippen molar-refractivity contribution < 1.29 is 16.4 Å². The first-order chi connectivity index (χ1) is 13.9. The predicted octanol–water partition coefficient (Wildman–Crippen LogP) is 5.07. The van der Waals surface area contributed by atoms with Crippen LogP contribution in [0.15, 0.2) is 42.7 Å². The number of ether oxygens (including phenoxy) is 1. The van der Waals surface area contributed by atoms with Gasteiger partial charge < -0.3 is 15.4 Å². The van der Waals surface area contributed by atoms with Crippen LogP contribution in [-0.2, 0) is 4.74 Å². The molecule has 0 bridgehead atoms. The number of aryl methyl sites for hydroxylation is 1. The fourth-order valence-corrected chi connectivity index (χ4v) is 3.49. The van der Waals surface area contributed by atoms with Crippen molar-refractivity contribution in [1.29, 1.82) is 0 Å². The lowest BCUT2D eigenvalue weighted by atomic mass is 9.80. The van der Waals surface area contributed by atoms with Gasteiger partial charge in [-0.1, -0.05) is 0 Å². The lowest BCUT2D eigenvalue weighted by Gasteiger charge is -2.40. The molecule has 2 aromatic carbocycles. The van der Waals surface area contributed by atoms with Gasteiger partial charge in [0.1, 0.15) is 18.0 Å². The number of benzene rings is 2. The molecule has 8 heteroatoms. The second kappa shape index (κ2) is 7.79. The van der Waals surface area contributed by atoms with Gasteiger partial charge in [-0.2, -0.15) is 4.98 Å². The van der Waals surface area contributed by atoms with Crippen LogP contribution in [0.4, 0.5) is 26.1 Å². The Morgan fingerprint density at radius 2 is 1.83 bits per heavy atom. The first kappa shape index (κ1) is 19.3. The van der Waals surface area contributed by atoms with E-state index >= 15 is 0 Å². The number of anilines is 3. The van der Waals surface area contributed by atoms with Crippen molar-refractivity contribution in [2.45, 2.75) is 31.8 Å². The molecule has 0 atom stereocenters. The Morgan fingerprint density at radius 1 is 1.10 bits per heavy atom. The van der Waals surface area contributed by atoms with Gasteiger partial charge in [-0.05, 0) is 62.1 Å². The van der Waals surface area contributed by atoms with Crippen LogP contribution in [0.2, 0.25) is 0 Å². The van der Waals surface area contributed by atoms with Gasteiger partial charge in [-0.3, -0.25) is 0 Å². The first-order valence-electron chi connectivity index (χ1n) is 9.51. The molecular formula is C21H27F2N5O. The summed E-state index contributed by atoms with van der Waals surface area (Å²) >= 11 is 0. The van der Waals surface area contributed by atoms with Crippen LogP contribution in [0.5, 0.6) is 0 Å². The van der Waals surface area contributed by atoms with Crippen molar-refractivity contribution in [1.82, 2.24) is 14.8 Å². The third-order valence-corrected chi connectivity index (χ3v) is 5.25. The summed E-state index contributed by atoms with van der Waals surface area (Å²) in [5, 5.41) is 10.9. The van der Waals surface area contributed by atoms with Crippen molar-refractivity contribution in [2.75, 3.05) is 24.3 Å². The number of hydrogen-bond acceptors (Lipinski definition) is 5. The highest BCUT2D eigenvalue weighted by atomic mass is 19.1. The highest BCUT2D eigenvalue weighted by Gasteiger charge is 2.36. The van der Waals surface area contributed by atoms with Gasteiger partial charge in [-0.15, -0.1) is 5.10 Å². The largest absolute Gasteiger partial charge is 0.382 e. The number of rotatable bonds is 7. The standard InChI is InChI=1S/C21H23F2N5O.2H2/c1-14-6-17(24-12-21(29-2)4-3-5-21)11-18(7-14)26-20-25-13-28(27-20)19-9-15(22)8-16(23)10-19;;/h6-11,13,24H,3-5,12H2,1-2H3,(H,26,27);2*1H. The summed E-state index contributed by atoms with van der Waals surface area (Å²) in [6.07, 6.45) is 4.73. The Bertz CT molecular complexity index is 1000. The third kappa shape index (κ3) is 4.37. The van der Waals surface area contributed by atoms with E-state index in [0.29, 0.717) is 5.95 Å². The zero-order valence-electron chi connectivity index (χ0n) is 16.4. The lowest BCUT2D eigenvalue weighted by Crippen LogP contribution is -2.45. The smallest absolute Gasteiger partial charge is 0.246 e. The van der Waals surface area contributed by atoms with Crippen molar-refractivity contribution in [3.8, 4) is 5.69 Å². The minimum atomic E-state index is -0.667. The summed E-state index contributed by atoms with van der Waals surface area (Å²) in [5.41, 5.74) is 3.06. The van der Waals surface area contributed by atoms with Crippen molar-refractivity contribution in [2.24, 2.45) is 0 Å². The van der Waals surface area contributed by atoms with Gasteiger partial charge in [0.15, 0.2) is 0 Å². The van der Waals surface area contributed by atoms with Crippen LogP contribution in [-0.4, -0.2) is 34.0 Å². The molecule has 0 aliphatic heterocycles. The van der Waals surface area contributed by atoms with Crippen LogP contribution in [0.25, 0.3) is 5.69 Å². The van der Waals surface area contributed by atoms with Gasteiger partial charge in [0, 0.05) is 33.9 Å². The molecule has 0 spiro atoms. The summed E-state index contributed by atoms with van der Waals surface area (Å²) < 4.78 is 33.9. The van der Waals surface area contributed by atoms with Gasteiger partial charge in [0.05, 0.1) is 11.3 Å². The second-order valence-corrected chi connectivity index (χ2v) is 7.45. The maximum Gasteiger partial charge on any atom is 0.246 e. The van der Waals surface area contributed by atoms with E-state index < -0.39 is 11.6 Å². The molecule has 6 nitrogen and oxygen atoms in total. The van der Waals surface area contributed by atoms with E-state index in [2.05, 4.69) is 26.8 Å². The third-order valence-electron chi connectivity index (χ3n) is 5.25. The Balaban J connectivity index is 0.00000171. The molecule has 1 fully saturated rings. The van der Waals surface area contributed by atoms with Gasteiger partial charge in [0.25, 0.3) is 0 Å². The summed E-state index contributed by atoms with van der Waals surface area (Å²) in [6, 6.07) is 9.22. The van der Waals surface area contributed by atoms with E-state index in [1.165, 1.54) is 29.6 Å². The Hall–Kier alpha value is -3.00. The van der Waals surface area contributed by atoms with E-state index in [4.69, 9.17) is 4.74 Å². The second-order valence-electron chi connectivity index (χ2n) is 7.45. The fraction of sp³-hybridized carbons (Fsp3) is 0.333. The molecule has 0 radical (unpaired) electrons. The fourth-order valence-electron chi connectivity index (χ4n) is 3.49. The molecule has 3 aromatic rings. The summed E-state index contributed by atoms with van der Waals surface area (Å²) in [4.78, 5) is 4.18. The van der Waals surface area contributed by atoms with E-state index in [-0.39, 0.29) is 14.1 Å². The highest BCUT2D eigenvalue weighted by Crippen LogP contribution is 2.35. The molecule has 0 saturated heterocycles. The summed E-state index contributed by atoms with van der Waals surface area (Å²) in [5.74, 6) is -1.00. The molecular weight excluding hydrogens is 376 g/mol. The Morgan fingerprint density at radius 3 is 2.48 bits per heavy atom. The highest BCUT2D eigenvalue weighted by molar-refractivity contribution is 5.63. The molecule has 0 unspecified atom stereocenters. The maximum atomic E-state index is 13.4. The average Bonchev–Trinajstić information content (AvgIpc) is 3.08. The van der Waals surface area contributed by atoms with Gasteiger partial charge >= 0.3 is 0 Å². The van der Waals surface area contributed by atoms with Crippen molar-refractivity contribution in [3.05, 3.63) is 59.9 Å². The summed E-state index contributed by atoms with van der Waals surface area (Å²) in [6.45, 7) is 2.76. The molecule has 1 aliphatic carbocycles. The number of hydrogen-bond donors (Lipinski definition) is 2. The molecule has 1 heterocycles. The molecule has 156 valence electrons. The van der Waals surface area contributed by atoms with E-state index in [9.17, 15) is 8.78 Å². The van der Waals surface area contributed by atoms with Crippen LogP contribution in [0, 0.1) is 18.6 Å². The first-order valence-corrected chi connectivity index (χ1v) is 9.51. The predicted molar refractivity (Wildman–Crippen MR) is 112 cm³/mol. The SMILES string of the molecule is COC1(CNc2cc(C)cc(Nc3ncn(-c4cc(F)cc(F)c4)n3)c2)CCC1.[HH].[HH]. The van der Waals surface area contributed by atoms with Crippen LogP contribution >= 0.6 is 0 Å². The minimum Gasteiger partial charge on any atom is -0.382 e. The molecule has 0 amide bonds. The van der Waals surface area contributed by atoms with Gasteiger partial charge in [-0.25, -0.2) is 13.5 Å². The van der Waals surface area contributed by atoms with E-state index in [1.807, 2.05) is 19.1 Å². The van der Waals surface area contributed by atoms with Crippen LogP contribution in [0.1, 0.15) is 27.7 Å². The molecule has 2 N–H and O–H groups in total. The van der Waals surface area contributed by atoms with Crippen LogP contribution < -0.4 is 10.6 Å². The monoisotopic (exact) mass is 403 g/mol.